The van der Waals surface area contributed by atoms with Crippen LogP contribution in [0, 0.1) is 13.8 Å². The third-order valence-electron chi connectivity index (χ3n) is 1.65. The van der Waals surface area contributed by atoms with Crippen LogP contribution in [0.25, 0.3) is 0 Å². The van der Waals surface area contributed by atoms with Crippen LogP contribution in [0.1, 0.15) is 10.8 Å². The van der Waals surface area contributed by atoms with Crippen LogP contribution < -0.4 is 0 Å². The minimum atomic E-state index is 0.856. The van der Waals surface area contributed by atoms with E-state index in [9.17, 15) is 0 Å². The SMILES string of the molecule is Cc1cnco1.Cc1nccs1.Cn1cncn1. The maximum absolute atomic E-state index is 4.72. The van der Waals surface area contributed by atoms with Gasteiger partial charge in [0, 0.05) is 18.6 Å². The van der Waals surface area contributed by atoms with Crippen molar-refractivity contribution in [1.29, 1.82) is 0 Å². The van der Waals surface area contributed by atoms with Crippen LogP contribution in [0.4, 0.5) is 0 Å². The second-order valence-electron chi connectivity index (χ2n) is 3.23. The van der Waals surface area contributed by atoms with Crippen molar-refractivity contribution in [3.8, 4) is 0 Å². The topological polar surface area (TPSA) is 69.6 Å². The fourth-order valence-corrected chi connectivity index (χ4v) is 1.28. The van der Waals surface area contributed by atoms with Gasteiger partial charge in [-0.3, -0.25) is 9.67 Å². The second-order valence-corrected chi connectivity index (χ2v) is 4.33. The predicted octanol–water partition coefficient (Wildman–Crippen LogP) is 2.25. The molecule has 0 aliphatic heterocycles. The van der Waals surface area contributed by atoms with Crippen molar-refractivity contribution in [2.24, 2.45) is 7.05 Å². The van der Waals surface area contributed by atoms with Crippen LogP contribution in [0.2, 0.25) is 0 Å². The molecule has 0 aromatic carbocycles. The molecule has 0 bridgehead atoms. The number of oxazole rings is 1. The summed E-state index contributed by atoms with van der Waals surface area (Å²) in [6.07, 6.45) is 8.02. The molecule has 7 heteroatoms. The van der Waals surface area contributed by atoms with Gasteiger partial charge in [0.15, 0.2) is 6.39 Å². The molecule has 0 saturated heterocycles. The van der Waals surface area contributed by atoms with E-state index in [0.717, 1.165) is 10.8 Å². The average molecular weight is 265 g/mol. The van der Waals surface area contributed by atoms with Crippen LogP contribution in [-0.2, 0) is 7.05 Å². The van der Waals surface area contributed by atoms with E-state index in [1.807, 2.05) is 26.3 Å². The highest BCUT2D eigenvalue weighted by molar-refractivity contribution is 7.09. The van der Waals surface area contributed by atoms with Crippen molar-refractivity contribution in [3.05, 3.63) is 47.6 Å². The van der Waals surface area contributed by atoms with Crippen LogP contribution in [0.5, 0.6) is 0 Å². The summed E-state index contributed by atoms with van der Waals surface area (Å²) >= 11 is 1.67. The van der Waals surface area contributed by atoms with Gasteiger partial charge < -0.3 is 4.42 Å². The summed E-state index contributed by atoms with van der Waals surface area (Å²) in [4.78, 5) is 11.3. The number of hydrogen-bond acceptors (Lipinski definition) is 6. The molecule has 0 amide bonds. The van der Waals surface area contributed by atoms with Gasteiger partial charge >= 0.3 is 0 Å². The van der Waals surface area contributed by atoms with Crippen molar-refractivity contribution >= 4 is 11.3 Å². The van der Waals surface area contributed by atoms with Crippen LogP contribution >= 0.6 is 11.3 Å². The number of hydrogen-bond donors (Lipinski definition) is 0. The summed E-state index contributed by atoms with van der Waals surface area (Å²) in [7, 11) is 1.83. The van der Waals surface area contributed by atoms with Gasteiger partial charge in [0.1, 0.15) is 18.4 Å². The van der Waals surface area contributed by atoms with Gasteiger partial charge in [0.05, 0.1) is 11.2 Å². The van der Waals surface area contributed by atoms with E-state index < -0.39 is 0 Å². The van der Waals surface area contributed by atoms with E-state index in [1.54, 1.807) is 34.7 Å². The van der Waals surface area contributed by atoms with Crippen molar-refractivity contribution in [2.45, 2.75) is 13.8 Å². The summed E-state index contributed by atoms with van der Waals surface area (Å²) in [5.74, 6) is 0.856. The number of rotatable bonds is 0. The Kier molecular flexibility index (Phi) is 6.34. The Morgan fingerprint density at radius 3 is 2.28 bits per heavy atom. The van der Waals surface area contributed by atoms with Crippen molar-refractivity contribution in [1.82, 2.24) is 24.7 Å². The molecule has 6 nitrogen and oxygen atoms in total. The molecule has 0 radical (unpaired) electrons. The molecule has 3 aromatic heterocycles. The molecule has 0 unspecified atom stereocenters. The number of nitrogens with zero attached hydrogens (tertiary/aromatic N) is 5. The molecule has 0 spiro atoms. The summed E-state index contributed by atoms with van der Waals surface area (Å²) in [6, 6.07) is 0. The first-order valence-electron chi connectivity index (χ1n) is 5.18. The fraction of sp³-hybridized carbons (Fsp3) is 0.273. The molecule has 96 valence electrons. The van der Waals surface area contributed by atoms with E-state index in [0.29, 0.717) is 0 Å². The Labute approximate surface area is 109 Å². The first kappa shape index (κ1) is 14.0. The predicted molar refractivity (Wildman–Crippen MR) is 69.1 cm³/mol. The van der Waals surface area contributed by atoms with E-state index in [2.05, 4.69) is 20.1 Å². The van der Waals surface area contributed by atoms with Crippen molar-refractivity contribution < 1.29 is 4.42 Å². The highest BCUT2D eigenvalue weighted by Gasteiger charge is 1.77. The lowest BCUT2D eigenvalue weighted by molar-refractivity contribution is 0.527. The lowest BCUT2D eigenvalue weighted by atomic mass is 10.6. The van der Waals surface area contributed by atoms with Gasteiger partial charge in [-0.1, -0.05) is 0 Å². The first-order chi connectivity index (χ1) is 8.68. The minimum absolute atomic E-state index is 0.856. The van der Waals surface area contributed by atoms with E-state index in [-0.39, 0.29) is 0 Å². The molecule has 3 aromatic rings. The van der Waals surface area contributed by atoms with Crippen molar-refractivity contribution in [3.63, 3.8) is 0 Å². The normalized spacial score (nSPS) is 8.83. The zero-order valence-electron chi connectivity index (χ0n) is 10.5. The molecule has 3 heterocycles. The van der Waals surface area contributed by atoms with Crippen molar-refractivity contribution in [2.75, 3.05) is 0 Å². The van der Waals surface area contributed by atoms with Gasteiger partial charge in [-0.2, -0.15) is 5.10 Å². The van der Waals surface area contributed by atoms with E-state index >= 15 is 0 Å². The Bertz CT molecular complexity index is 413. The first-order valence-corrected chi connectivity index (χ1v) is 6.06. The summed E-state index contributed by atoms with van der Waals surface area (Å²) in [5.41, 5.74) is 0. The minimum Gasteiger partial charge on any atom is -0.449 e. The Morgan fingerprint density at radius 1 is 1.28 bits per heavy atom. The smallest absolute Gasteiger partial charge is 0.180 e. The van der Waals surface area contributed by atoms with E-state index in [1.165, 1.54) is 12.7 Å². The number of aromatic nitrogens is 5. The fourth-order valence-electron chi connectivity index (χ4n) is 0.841. The summed E-state index contributed by atoms with van der Waals surface area (Å²) in [5, 5.41) is 6.82. The monoisotopic (exact) mass is 265 g/mol. The molecule has 0 N–H and O–H groups in total. The second kappa shape index (κ2) is 8.13. The molecule has 3 rings (SSSR count). The average Bonchev–Trinajstić information content (AvgIpc) is 3.05. The standard InChI is InChI=1S/C4H5NO.C4H5NS.C3H5N3/c1-4-2-5-3-6-4;1-4-5-2-3-6-4;1-6-3-4-2-5-6/h3*2-3H,1H3. The quantitative estimate of drug-likeness (QED) is 0.623. The van der Waals surface area contributed by atoms with Gasteiger partial charge in [0.25, 0.3) is 0 Å². The molecule has 0 aliphatic carbocycles. The van der Waals surface area contributed by atoms with E-state index in [4.69, 9.17) is 4.42 Å². The number of thiazole rings is 1. The molecule has 0 atom stereocenters. The number of aryl methyl sites for hydroxylation is 3. The maximum atomic E-state index is 4.72. The zero-order valence-corrected chi connectivity index (χ0v) is 11.3. The molecule has 0 saturated carbocycles. The van der Waals surface area contributed by atoms with Gasteiger partial charge in [0.2, 0.25) is 0 Å². The molecular formula is C11H15N5OS. The van der Waals surface area contributed by atoms with Gasteiger partial charge in [-0.25, -0.2) is 9.97 Å². The van der Waals surface area contributed by atoms with Gasteiger partial charge in [-0.15, -0.1) is 11.3 Å². The van der Waals surface area contributed by atoms with Gasteiger partial charge in [-0.05, 0) is 13.8 Å². The Hall–Kier alpha value is -2.02. The summed E-state index contributed by atoms with van der Waals surface area (Å²) < 4.78 is 6.36. The zero-order chi connectivity index (χ0) is 13.2. The Morgan fingerprint density at radius 2 is 2.11 bits per heavy atom. The molecule has 0 aliphatic rings. The maximum Gasteiger partial charge on any atom is 0.180 e. The highest BCUT2D eigenvalue weighted by atomic mass is 32.1. The molecule has 18 heavy (non-hydrogen) atoms. The van der Waals surface area contributed by atoms with Crippen LogP contribution in [0.15, 0.2) is 41.2 Å². The molecular weight excluding hydrogens is 250 g/mol. The lowest BCUT2D eigenvalue weighted by Gasteiger charge is -1.74. The van der Waals surface area contributed by atoms with Crippen LogP contribution in [0.3, 0.4) is 0 Å². The third kappa shape index (κ3) is 6.54. The largest absolute Gasteiger partial charge is 0.449 e. The Balaban J connectivity index is 0.000000135. The third-order valence-corrected chi connectivity index (χ3v) is 2.35. The molecule has 0 fully saturated rings. The summed E-state index contributed by atoms with van der Waals surface area (Å²) in [6.45, 7) is 3.84. The lowest BCUT2D eigenvalue weighted by Crippen LogP contribution is -1.83. The highest BCUT2D eigenvalue weighted by Crippen LogP contribution is 1.98. The van der Waals surface area contributed by atoms with Crippen LogP contribution in [-0.4, -0.2) is 24.7 Å².